The second-order valence-corrected chi connectivity index (χ2v) is 5.96. The molecule has 0 saturated heterocycles. The zero-order chi connectivity index (χ0) is 12.4. The van der Waals surface area contributed by atoms with Crippen molar-refractivity contribution >= 4 is 0 Å². The first-order valence-corrected chi connectivity index (χ1v) is 6.92. The van der Waals surface area contributed by atoms with Crippen LogP contribution in [0.2, 0.25) is 0 Å². The van der Waals surface area contributed by atoms with E-state index in [0.29, 0.717) is 17.9 Å². The highest BCUT2D eigenvalue weighted by Gasteiger charge is 2.29. The van der Waals surface area contributed by atoms with Crippen molar-refractivity contribution in [2.24, 2.45) is 17.6 Å². The molecule has 17 heavy (non-hydrogen) atoms. The maximum atomic E-state index is 6.09. The van der Waals surface area contributed by atoms with E-state index in [9.17, 15) is 0 Å². The smallest absolute Gasteiger partial charge is 0.00673 e. The minimum Gasteiger partial charge on any atom is -0.327 e. The monoisotopic (exact) mass is 231 g/mol. The Morgan fingerprint density at radius 3 is 2.29 bits per heavy atom. The van der Waals surface area contributed by atoms with Gasteiger partial charge in [-0.25, -0.2) is 0 Å². The van der Waals surface area contributed by atoms with Crippen LogP contribution in [0.4, 0.5) is 0 Å². The summed E-state index contributed by atoms with van der Waals surface area (Å²) in [4.78, 5) is 0. The Balaban J connectivity index is 1.99. The van der Waals surface area contributed by atoms with Gasteiger partial charge < -0.3 is 5.73 Å². The molecule has 3 unspecified atom stereocenters. The highest BCUT2D eigenvalue weighted by molar-refractivity contribution is 5.25. The molecule has 1 aromatic rings. The van der Waals surface area contributed by atoms with Crippen LogP contribution < -0.4 is 5.73 Å². The van der Waals surface area contributed by atoms with Gasteiger partial charge in [-0.3, -0.25) is 0 Å². The molecule has 1 nitrogen and oxygen atoms in total. The van der Waals surface area contributed by atoms with Crippen LogP contribution in [0, 0.1) is 11.8 Å². The fraction of sp³-hybridized carbons (Fsp3) is 0.625. The lowest BCUT2D eigenvalue weighted by atomic mass is 9.89. The Morgan fingerprint density at radius 1 is 1.18 bits per heavy atom. The van der Waals surface area contributed by atoms with Crippen molar-refractivity contribution in [2.45, 2.75) is 52.0 Å². The lowest BCUT2D eigenvalue weighted by Crippen LogP contribution is -2.25. The van der Waals surface area contributed by atoms with Gasteiger partial charge in [0.2, 0.25) is 0 Å². The van der Waals surface area contributed by atoms with Gasteiger partial charge in [0.05, 0.1) is 0 Å². The largest absolute Gasteiger partial charge is 0.327 e. The Labute approximate surface area is 105 Å². The molecule has 1 aliphatic carbocycles. The van der Waals surface area contributed by atoms with Crippen LogP contribution in [0.3, 0.4) is 0 Å². The number of hydrogen-bond acceptors (Lipinski definition) is 1. The Bertz CT molecular complexity index is 352. The molecule has 1 saturated carbocycles. The molecule has 1 fully saturated rings. The van der Waals surface area contributed by atoms with E-state index in [1.165, 1.54) is 30.4 Å². The summed E-state index contributed by atoms with van der Waals surface area (Å²) >= 11 is 0. The van der Waals surface area contributed by atoms with Crippen molar-refractivity contribution in [2.75, 3.05) is 0 Å². The summed E-state index contributed by atoms with van der Waals surface area (Å²) in [6, 6.07) is 9.58. The Kier molecular flexibility index (Phi) is 3.88. The van der Waals surface area contributed by atoms with Crippen molar-refractivity contribution in [3.8, 4) is 0 Å². The molecule has 2 rings (SSSR count). The zero-order valence-corrected chi connectivity index (χ0v) is 11.3. The van der Waals surface area contributed by atoms with Gasteiger partial charge in [0, 0.05) is 6.04 Å². The first-order chi connectivity index (χ1) is 8.08. The van der Waals surface area contributed by atoms with E-state index in [1.807, 2.05) is 0 Å². The molecule has 0 amide bonds. The van der Waals surface area contributed by atoms with Gasteiger partial charge in [-0.1, -0.05) is 45.0 Å². The van der Waals surface area contributed by atoms with Gasteiger partial charge in [-0.2, -0.15) is 0 Å². The van der Waals surface area contributed by atoms with Crippen molar-refractivity contribution in [1.82, 2.24) is 0 Å². The van der Waals surface area contributed by atoms with Crippen molar-refractivity contribution in [1.29, 1.82) is 0 Å². The topological polar surface area (TPSA) is 26.0 Å². The SMILES string of the molecule is CC(C)c1ccc(CC2CCC(N)C2C)cc1. The van der Waals surface area contributed by atoms with Crippen LogP contribution in [-0.4, -0.2) is 6.04 Å². The molecule has 0 heterocycles. The lowest BCUT2D eigenvalue weighted by molar-refractivity contribution is 0.390. The number of nitrogens with two attached hydrogens (primary N) is 1. The average molecular weight is 231 g/mol. The van der Waals surface area contributed by atoms with Gasteiger partial charge in [-0.15, -0.1) is 0 Å². The van der Waals surface area contributed by atoms with E-state index in [2.05, 4.69) is 45.0 Å². The predicted octanol–water partition coefficient (Wildman–Crippen LogP) is 3.73. The molecular formula is C16H25N. The van der Waals surface area contributed by atoms with E-state index >= 15 is 0 Å². The van der Waals surface area contributed by atoms with Gasteiger partial charge in [0.25, 0.3) is 0 Å². The van der Waals surface area contributed by atoms with E-state index in [1.54, 1.807) is 0 Å². The number of hydrogen-bond donors (Lipinski definition) is 1. The molecule has 0 bridgehead atoms. The molecule has 1 heteroatoms. The zero-order valence-electron chi connectivity index (χ0n) is 11.3. The Hall–Kier alpha value is -0.820. The minimum atomic E-state index is 0.426. The van der Waals surface area contributed by atoms with Crippen LogP contribution in [-0.2, 0) is 6.42 Å². The number of rotatable bonds is 3. The van der Waals surface area contributed by atoms with Crippen molar-refractivity contribution in [3.05, 3.63) is 35.4 Å². The van der Waals surface area contributed by atoms with Crippen LogP contribution in [0.15, 0.2) is 24.3 Å². The predicted molar refractivity (Wildman–Crippen MR) is 74.1 cm³/mol. The van der Waals surface area contributed by atoms with E-state index < -0.39 is 0 Å². The molecule has 1 aliphatic rings. The number of benzene rings is 1. The minimum absolute atomic E-state index is 0.426. The van der Waals surface area contributed by atoms with Crippen molar-refractivity contribution < 1.29 is 0 Å². The van der Waals surface area contributed by atoms with E-state index in [-0.39, 0.29) is 0 Å². The third-order valence-electron chi connectivity index (χ3n) is 4.43. The molecule has 1 aromatic carbocycles. The van der Waals surface area contributed by atoms with Gasteiger partial charge >= 0.3 is 0 Å². The summed E-state index contributed by atoms with van der Waals surface area (Å²) in [5.74, 6) is 2.09. The Morgan fingerprint density at radius 2 is 1.82 bits per heavy atom. The summed E-state index contributed by atoms with van der Waals surface area (Å²) in [6.45, 7) is 6.80. The maximum absolute atomic E-state index is 6.09. The highest BCUT2D eigenvalue weighted by atomic mass is 14.7. The maximum Gasteiger partial charge on any atom is 0.00673 e. The third kappa shape index (κ3) is 2.90. The molecule has 0 aromatic heterocycles. The fourth-order valence-corrected chi connectivity index (χ4v) is 2.91. The molecule has 0 spiro atoms. The van der Waals surface area contributed by atoms with Crippen molar-refractivity contribution in [3.63, 3.8) is 0 Å². The van der Waals surface area contributed by atoms with Crippen LogP contribution in [0.1, 0.15) is 50.7 Å². The van der Waals surface area contributed by atoms with Gasteiger partial charge in [-0.05, 0) is 48.1 Å². The van der Waals surface area contributed by atoms with Crippen LogP contribution in [0.25, 0.3) is 0 Å². The molecular weight excluding hydrogens is 206 g/mol. The highest BCUT2D eigenvalue weighted by Crippen LogP contribution is 2.33. The second-order valence-electron chi connectivity index (χ2n) is 5.96. The average Bonchev–Trinajstić information content (AvgIpc) is 2.62. The molecule has 94 valence electrons. The molecule has 0 aliphatic heterocycles. The normalized spacial score (nSPS) is 28.9. The fourth-order valence-electron chi connectivity index (χ4n) is 2.91. The summed E-state index contributed by atoms with van der Waals surface area (Å²) in [5.41, 5.74) is 8.99. The first kappa shape index (κ1) is 12.6. The van der Waals surface area contributed by atoms with Gasteiger partial charge in [0.1, 0.15) is 0 Å². The summed E-state index contributed by atoms with van der Waals surface area (Å²) in [6.07, 6.45) is 3.71. The standard InChI is InChI=1S/C16H25N/c1-11(2)14-6-4-13(5-7-14)10-15-8-9-16(17)12(15)3/h4-7,11-12,15-16H,8-10,17H2,1-3H3. The summed E-state index contributed by atoms with van der Waals surface area (Å²) in [5, 5.41) is 0. The van der Waals surface area contributed by atoms with Crippen LogP contribution in [0.5, 0.6) is 0 Å². The molecule has 0 radical (unpaired) electrons. The molecule has 3 atom stereocenters. The lowest BCUT2D eigenvalue weighted by Gasteiger charge is -2.18. The van der Waals surface area contributed by atoms with Gasteiger partial charge in [0.15, 0.2) is 0 Å². The second kappa shape index (κ2) is 5.22. The quantitative estimate of drug-likeness (QED) is 0.843. The molecule has 2 N–H and O–H groups in total. The first-order valence-electron chi connectivity index (χ1n) is 6.92. The van der Waals surface area contributed by atoms with Crippen LogP contribution >= 0.6 is 0 Å². The van der Waals surface area contributed by atoms with E-state index in [4.69, 9.17) is 5.73 Å². The third-order valence-corrected chi connectivity index (χ3v) is 4.43. The summed E-state index contributed by atoms with van der Waals surface area (Å²) in [7, 11) is 0. The summed E-state index contributed by atoms with van der Waals surface area (Å²) < 4.78 is 0. The van der Waals surface area contributed by atoms with E-state index in [0.717, 1.165) is 5.92 Å².